The smallest absolute Gasteiger partial charge is 0.212 e. The van der Waals surface area contributed by atoms with Crippen molar-refractivity contribution in [2.45, 2.75) is 6.61 Å². The number of thiazole rings is 1. The van der Waals surface area contributed by atoms with Gasteiger partial charge in [-0.05, 0) is 11.6 Å². The maximum Gasteiger partial charge on any atom is 0.212 e. The predicted octanol–water partition coefficient (Wildman–Crippen LogP) is 2.39. The zero-order chi connectivity index (χ0) is 13.8. The standard InChI is InChI=1S/C14H12N4OS/c19-10-12-13(7-6-11-4-2-1-3-5-11)18(17-16-12)14-15-8-9-20-14/h1-9,19H,10H2/b7-6+. The molecule has 0 amide bonds. The van der Waals surface area contributed by atoms with Crippen LogP contribution in [0.1, 0.15) is 17.0 Å². The maximum absolute atomic E-state index is 9.36. The summed E-state index contributed by atoms with van der Waals surface area (Å²) in [5.41, 5.74) is 2.35. The number of aliphatic hydroxyl groups excluding tert-OH is 1. The van der Waals surface area contributed by atoms with E-state index in [1.165, 1.54) is 11.3 Å². The minimum Gasteiger partial charge on any atom is -0.390 e. The Kier molecular flexibility index (Phi) is 3.67. The highest BCUT2D eigenvalue weighted by Gasteiger charge is 2.12. The summed E-state index contributed by atoms with van der Waals surface area (Å²) in [5.74, 6) is 0. The molecule has 0 saturated carbocycles. The van der Waals surface area contributed by atoms with Gasteiger partial charge in [0.15, 0.2) is 0 Å². The van der Waals surface area contributed by atoms with E-state index in [0.29, 0.717) is 5.69 Å². The van der Waals surface area contributed by atoms with Gasteiger partial charge in [-0.15, -0.1) is 16.4 Å². The third-order valence-electron chi connectivity index (χ3n) is 2.76. The average Bonchev–Trinajstić information content (AvgIpc) is 3.14. The van der Waals surface area contributed by atoms with Crippen LogP contribution in [0.2, 0.25) is 0 Å². The number of hydrogen-bond donors (Lipinski definition) is 1. The second kappa shape index (κ2) is 5.77. The molecule has 20 heavy (non-hydrogen) atoms. The van der Waals surface area contributed by atoms with Crippen molar-refractivity contribution in [3.8, 4) is 5.13 Å². The Hall–Kier alpha value is -2.31. The van der Waals surface area contributed by atoms with Crippen LogP contribution >= 0.6 is 11.3 Å². The first kappa shape index (κ1) is 12.7. The summed E-state index contributed by atoms with van der Waals surface area (Å²) >= 11 is 1.47. The first-order valence-electron chi connectivity index (χ1n) is 6.07. The number of hydrogen-bond acceptors (Lipinski definition) is 5. The van der Waals surface area contributed by atoms with E-state index in [2.05, 4.69) is 15.3 Å². The van der Waals surface area contributed by atoms with Gasteiger partial charge in [0.25, 0.3) is 0 Å². The van der Waals surface area contributed by atoms with Crippen LogP contribution in [0.4, 0.5) is 0 Å². The molecule has 0 radical (unpaired) electrons. The lowest BCUT2D eigenvalue weighted by Gasteiger charge is -1.99. The van der Waals surface area contributed by atoms with Gasteiger partial charge < -0.3 is 5.11 Å². The van der Waals surface area contributed by atoms with Crippen LogP contribution < -0.4 is 0 Å². The van der Waals surface area contributed by atoms with Gasteiger partial charge in [0, 0.05) is 11.6 Å². The Bertz CT molecular complexity index is 704. The first-order valence-corrected chi connectivity index (χ1v) is 6.95. The number of nitrogens with zero attached hydrogens (tertiary/aromatic N) is 4. The van der Waals surface area contributed by atoms with Crippen molar-refractivity contribution < 1.29 is 5.11 Å². The average molecular weight is 284 g/mol. The highest BCUT2D eigenvalue weighted by molar-refractivity contribution is 7.12. The van der Waals surface area contributed by atoms with Crippen LogP contribution in [-0.2, 0) is 6.61 Å². The van der Waals surface area contributed by atoms with Crippen LogP contribution in [0.3, 0.4) is 0 Å². The molecule has 6 heteroatoms. The van der Waals surface area contributed by atoms with E-state index >= 15 is 0 Å². The summed E-state index contributed by atoms with van der Waals surface area (Å²) in [5, 5.41) is 20.0. The second-order valence-corrected chi connectivity index (χ2v) is 4.92. The summed E-state index contributed by atoms with van der Waals surface area (Å²) in [6.07, 6.45) is 5.56. The topological polar surface area (TPSA) is 63.8 Å². The minimum absolute atomic E-state index is 0.153. The third-order valence-corrected chi connectivity index (χ3v) is 3.51. The highest BCUT2D eigenvalue weighted by Crippen LogP contribution is 2.17. The van der Waals surface area contributed by atoms with Crippen molar-refractivity contribution in [1.29, 1.82) is 0 Å². The molecule has 0 fully saturated rings. The lowest BCUT2D eigenvalue weighted by molar-refractivity contribution is 0.276. The molecule has 0 spiro atoms. The fraction of sp³-hybridized carbons (Fsp3) is 0.0714. The Morgan fingerprint density at radius 1 is 1.20 bits per heavy atom. The molecule has 2 heterocycles. The van der Waals surface area contributed by atoms with Gasteiger partial charge in [-0.3, -0.25) is 0 Å². The molecule has 1 N–H and O–H groups in total. The van der Waals surface area contributed by atoms with E-state index in [-0.39, 0.29) is 6.61 Å². The fourth-order valence-electron chi connectivity index (χ4n) is 1.80. The number of rotatable bonds is 4. The lowest BCUT2D eigenvalue weighted by atomic mass is 10.2. The van der Waals surface area contributed by atoms with Crippen molar-refractivity contribution in [1.82, 2.24) is 20.0 Å². The summed E-state index contributed by atoms with van der Waals surface area (Å²) in [4.78, 5) is 4.21. The van der Waals surface area contributed by atoms with Gasteiger partial charge in [-0.1, -0.05) is 41.6 Å². The predicted molar refractivity (Wildman–Crippen MR) is 78.3 cm³/mol. The monoisotopic (exact) mass is 284 g/mol. The molecule has 2 aromatic heterocycles. The van der Waals surface area contributed by atoms with Gasteiger partial charge >= 0.3 is 0 Å². The summed E-state index contributed by atoms with van der Waals surface area (Å²) in [7, 11) is 0. The molecule has 0 aliphatic heterocycles. The van der Waals surface area contributed by atoms with Gasteiger partial charge in [-0.25, -0.2) is 4.98 Å². The van der Waals surface area contributed by atoms with Crippen molar-refractivity contribution in [3.05, 3.63) is 58.9 Å². The zero-order valence-corrected chi connectivity index (χ0v) is 11.4. The van der Waals surface area contributed by atoms with Crippen LogP contribution in [0.15, 0.2) is 41.9 Å². The van der Waals surface area contributed by atoms with E-state index in [1.807, 2.05) is 47.9 Å². The van der Waals surface area contributed by atoms with Crippen molar-refractivity contribution in [2.24, 2.45) is 0 Å². The summed E-state index contributed by atoms with van der Waals surface area (Å²) in [6, 6.07) is 9.93. The molecular weight excluding hydrogens is 272 g/mol. The van der Waals surface area contributed by atoms with E-state index in [1.54, 1.807) is 10.9 Å². The van der Waals surface area contributed by atoms with E-state index < -0.39 is 0 Å². The SMILES string of the molecule is OCc1nnn(-c2nccs2)c1/C=C/c1ccccc1. The largest absolute Gasteiger partial charge is 0.390 e. The third kappa shape index (κ3) is 2.52. The molecular formula is C14H12N4OS. The normalized spacial score (nSPS) is 11.2. The molecule has 5 nitrogen and oxygen atoms in total. The molecule has 0 aliphatic carbocycles. The van der Waals surface area contributed by atoms with Crippen LogP contribution in [0.25, 0.3) is 17.3 Å². The lowest BCUT2D eigenvalue weighted by Crippen LogP contribution is -1.99. The minimum atomic E-state index is -0.153. The molecule has 1 aromatic carbocycles. The van der Waals surface area contributed by atoms with Crippen LogP contribution in [-0.4, -0.2) is 25.1 Å². The van der Waals surface area contributed by atoms with Crippen molar-refractivity contribution >= 4 is 23.5 Å². The van der Waals surface area contributed by atoms with Gasteiger partial charge in [0.2, 0.25) is 5.13 Å². The van der Waals surface area contributed by atoms with Gasteiger partial charge in [0.1, 0.15) is 5.69 Å². The van der Waals surface area contributed by atoms with E-state index in [0.717, 1.165) is 16.4 Å². The Morgan fingerprint density at radius 2 is 2.05 bits per heavy atom. The Balaban J connectivity index is 2.00. The maximum atomic E-state index is 9.36. The molecule has 0 aliphatic rings. The van der Waals surface area contributed by atoms with Gasteiger partial charge in [-0.2, -0.15) is 4.68 Å². The molecule has 3 rings (SSSR count). The Labute approximate surface area is 119 Å². The Morgan fingerprint density at radius 3 is 2.75 bits per heavy atom. The zero-order valence-electron chi connectivity index (χ0n) is 10.5. The molecule has 100 valence electrons. The molecule has 3 aromatic rings. The summed E-state index contributed by atoms with van der Waals surface area (Å²) in [6.45, 7) is -0.153. The first-order chi connectivity index (χ1) is 9.88. The highest BCUT2D eigenvalue weighted by atomic mass is 32.1. The van der Waals surface area contributed by atoms with Gasteiger partial charge in [0.05, 0.1) is 12.3 Å². The number of aliphatic hydroxyl groups is 1. The quantitative estimate of drug-likeness (QED) is 0.799. The number of benzene rings is 1. The second-order valence-electron chi connectivity index (χ2n) is 4.05. The van der Waals surface area contributed by atoms with E-state index in [4.69, 9.17) is 0 Å². The van der Waals surface area contributed by atoms with Crippen molar-refractivity contribution in [3.63, 3.8) is 0 Å². The van der Waals surface area contributed by atoms with Crippen LogP contribution in [0, 0.1) is 0 Å². The number of aromatic nitrogens is 4. The molecule has 0 bridgehead atoms. The van der Waals surface area contributed by atoms with E-state index in [9.17, 15) is 5.11 Å². The molecule has 0 saturated heterocycles. The van der Waals surface area contributed by atoms with Crippen molar-refractivity contribution in [2.75, 3.05) is 0 Å². The molecule has 0 atom stereocenters. The fourth-order valence-corrected chi connectivity index (χ4v) is 2.40. The van der Waals surface area contributed by atoms with Crippen LogP contribution in [0.5, 0.6) is 0 Å². The molecule has 0 unspecified atom stereocenters. The summed E-state index contributed by atoms with van der Waals surface area (Å²) < 4.78 is 1.63.